The van der Waals surface area contributed by atoms with Crippen LogP contribution in [0.4, 0.5) is 0 Å². The second kappa shape index (κ2) is 2.17. The molecule has 1 N–H and O–H groups in total. The zero-order valence-corrected chi connectivity index (χ0v) is 6.05. The molecule has 0 aliphatic carbocycles. The summed E-state index contributed by atoms with van der Waals surface area (Å²) in [4.78, 5) is 9.17. The van der Waals surface area contributed by atoms with Gasteiger partial charge in [-0.2, -0.15) is 0 Å². The molecule has 2 heterocycles. The van der Waals surface area contributed by atoms with Gasteiger partial charge >= 0.3 is 0 Å². The Bertz CT molecular complexity index is 122. The van der Waals surface area contributed by atoms with Gasteiger partial charge in [-0.3, -0.25) is 0 Å². The Kier molecular flexibility index (Phi) is 1.46. The molecule has 52 valence electrons. The molecule has 0 aromatic rings. The van der Waals surface area contributed by atoms with Gasteiger partial charge in [-0.15, -0.1) is 0 Å². The van der Waals surface area contributed by atoms with Crippen LogP contribution in [0.25, 0.3) is 0 Å². The van der Waals surface area contributed by atoms with Crippen LogP contribution in [0.3, 0.4) is 0 Å². The average molecular weight is 147 g/mol. The van der Waals surface area contributed by atoms with Crippen molar-refractivity contribution in [1.29, 1.82) is 0 Å². The molecule has 4 heteroatoms. The second-order valence-corrected chi connectivity index (χ2v) is 3.79. The van der Waals surface area contributed by atoms with E-state index in [4.69, 9.17) is 9.42 Å². The number of rotatable bonds is 0. The Morgan fingerprint density at radius 2 is 2.56 bits per heavy atom. The molecule has 9 heavy (non-hydrogen) atoms. The fourth-order valence-corrected chi connectivity index (χ4v) is 2.67. The zero-order valence-electron chi connectivity index (χ0n) is 5.16. The number of hydrogen-bond acceptors (Lipinski definition) is 3. The van der Waals surface area contributed by atoms with Crippen LogP contribution >= 0.6 is 8.53 Å². The molecule has 0 bridgehead atoms. The molecular formula is C5H10NO2P. The summed E-state index contributed by atoms with van der Waals surface area (Å²) in [6, 6.07) is 0.543. The Labute approximate surface area is 55.6 Å². The number of fused-ring (bicyclic) bond motifs is 1. The Hall–Kier alpha value is 0.310. The maximum atomic E-state index is 9.17. The van der Waals surface area contributed by atoms with Crippen LogP contribution in [-0.2, 0) is 4.52 Å². The van der Waals surface area contributed by atoms with E-state index in [0.29, 0.717) is 6.04 Å². The van der Waals surface area contributed by atoms with Crippen molar-refractivity contribution in [3.8, 4) is 0 Å². The molecule has 0 amide bonds. The first-order valence-corrected chi connectivity index (χ1v) is 4.43. The van der Waals surface area contributed by atoms with Gasteiger partial charge in [-0.25, -0.2) is 4.67 Å². The standard InChI is InChI=1S/C5H10NO2P/c7-9-6-3-1-2-5(6)4-8-9/h5,7H,1-4H2/t5-,9?/m1/s1. The van der Waals surface area contributed by atoms with E-state index in [2.05, 4.69) is 4.67 Å². The quantitative estimate of drug-likeness (QED) is 0.512. The van der Waals surface area contributed by atoms with Gasteiger partial charge in [-0.1, -0.05) is 0 Å². The summed E-state index contributed by atoms with van der Waals surface area (Å²) < 4.78 is 7.14. The average Bonchev–Trinajstić information content (AvgIpc) is 2.35. The third-order valence-electron chi connectivity index (χ3n) is 1.95. The van der Waals surface area contributed by atoms with Gasteiger partial charge in [0.1, 0.15) is 0 Å². The lowest BCUT2D eigenvalue weighted by atomic mass is 10.2. The molecule has 1 unspecified atom stereocenters. The van der Waals surface area contributed by atoms with E-state index in [1.54, 1.807) is 0 Å². The topological polar surface area (TPSA) is 32.7 Å². The summed E-state index contributed by atoms with van der Waals surface area (Å²) in [6.07, 6.45) is 2.44. The van der Waals surface area contributed by atoms with E-state index in [9.17, 15) is 0 Å². The van der Waals surface area contributed by atoms with E-state index >= 15 is 0 Å². The molecule has 0 aromatic carbocycles. The summed E-state index contributed by atoms with van der Waals surface area (Å²) >= 11 is 0. The third-order valence-corrected chi connectivity index (χ3v) is 3.29. The first-order chi connectivity index (χ1) is 4.38. The molecule has 2 rings (SSSR count). The molecule has 0 spiro atoms. The summed E-state index contributed by atoms with van der Waals surface area (Å²) in [5, 5.41) is 0. The van der Waals surface area contributed by atoms with E-state index in [1.165, 1.54) is 12.8 Å². The van der Waals surface area contributed by atoms with Gasteiger partial charge in [0, 0.05) is 12.6 Å². The maximum absolute atomic E-state index is 9.17. The molecule has 0 aromatic heterocycles. The summed E-state index contributed by atoms with van der Waals surface area (Å²) in [5.74, 6) is 0. The molecule has 3 nitrogen and oxygen atoms in total. The minimum atomic E-state index is -1.17. The molecule has 2 fully saturated rings. The SMILES string of the molecule is OP1OC[C@H]2CCCN21. The maximum Gasteiger partial charge on any atom is 0.256 e. The van der Waals surface area contributed by atoms with Crippen LogP contribution in [0.1, 0.15) is 12.8 Å². The van der Waals surface area contributed by atoms with Gasteiger partial charge in [0.25, 0.3) is 8.53 Å². The molecule has 2 aliphatic rings. The Morgan fingerprint density at radius 1 is 1.67 bits per heavy atom. The van der Waals surface area contributed by atoms with Crippen molar-refractivity contribution in [2.75, 3.05) is 13.2 Å². The fourth-order valence-electron chi connectivity index (χ4n) is 1.44. The van der Waals surface area contributed by atoms with E-state index in [-0.39, 0.29) is 0 Å². The van der Waals surface area contributed by atoms with Gasteiger partial charge in [-0.05, 0) is 12.8 Å². The Morgan fingerprint density at radius 3 is 3.33 bits per heavy atom. The van der Waals surface area contributed by atoms with Gasteiger partial charge in [0.15, 0.2) is 0 Å². The smallest absolute Gasteiger partial charge is 0.256 e. The molecule has 0 saturated carbocycles. The number of nitrogens with zero attached hydrogens (tertiary/aromatic N) is 1. The fraction of sp³-hybridized carbons (Fsp3) is 1.00. The monoisotopic (exact) mass is 147 g/mol. The van der Waals surface area contributed by atoms with E-state index < -0.39 is 8.53 Å². The van der Waals surface area contributed by atoms with Crippen molar-refractivity contribution in [1.82, 2.24) is 4.67 Å². The van der Waals surface area contributed by atoms with Crippen LogP contribution in [-0.4, -0.2) is 28.8 Å². The minimum Gasteiger partial charge on any atom is -0.338 e. The summed E-state index contributed by atoms with van der Waals surface area (Å²) in [5.41, 5.74) is 0. The highest BCUT2D eigenvalue weighted by molar-refractivity contribution is 7.43. The van der Waals surface area contributed by atoms with Crippen LogP contribution in [0.15, 0.2) is 0 Å². The summed E-state index contributed by atoms with van der Waals surface area (Å²) in [7, 11) is -1.17. The lowest BCUT2D eigenvalue weighted by Crippen LogP contribution is -2.19. The van der Waals surface area contributed by atoms with E-state index in [1.807, 2.05) is 0 Å². The summed E-state index contributed by atoms with van der Waals surface area (Å²) in [6.45, 7) is 1.79. The van der Waals surface area contributed by atoms with Crippen LogP contribution in [0.5, 0.6) is 0 Å². The minimum absolute atomic E-state index is 0.543. The van der Waals surface area contributed by atoms with Crippen molar-refractivity contribution >= 4 is 8.53 Å². The van der Waals surface area contributed by atoms with Crippen LogP contribution < -0.4 is 0 Å². The Balaban J connectivity index is 2.07. The highest BCUT2D eigenvalue weighted by Crippen LogP contribution is 2.48. The molecule has 2 aliphatic heterocycles. The first-order valence-electron chi connectivity index (χ1n) is 3.26. The predicted octanol–water partition coefficient (Wildman–Crippen LogP) is 0.700. The molecular weight excluding hydrogens is 137 g/mol. The van der Waals surface area contributed by atoms with Crippen molar-refractivity contribution < 1.29 is 9.42 Å². The van der Waals surface area contributed by atoms with Gasteiger partial charge < -0.3 is 9.42 Å². The largest absolute Gasteiger partial charge is 0.338 e. The van der Waals surface area contributed by atoms with Crippen molar-refractivity contribution in [3.63, 3.8) is 0 Å². The zero-order chi connectivity index (χ0) is 6.27. The lowest BCUT2D eigenvalue weighted by Gasteiger charge is -2.13. The number of hydrogen-bond donors (Lipinski definition) is 1. The normalized spacial score (nSPS) is 43.7. The highest BCUT2D eigenvalue weighted by atomic mass is 31.2. The first kappa shape index (κ1) is 6.05. The van der Waals surface area contributed by atoms with Crippen LogP contribution in [0, 0.1) is 0 Å². The van der Waals surface area contributed by atoms with Crippen molar-refractivity contribution in [2.45, 2.75) is 18.9 Å². The third kappa shape index (κ3) is 0.887. The van der Waals surface area contributed by atoms with Gasteiger partial charge in [0.2, 0.25) is 0 Å². The van der Waals surface area contributed by atoms with Gasteiger partial charge in [0.05, 0.1) is 6.61 Å². The van der Waals surface area contributed by atoms with E-state index in [0.717, 1.165) is 13.2 Å². The van der Waals surface area contributed by atoms with Crippen molar-refractivity contribution in [2.24, 2.45) is 0 Å². The van der Waals surface area contributed by atoms with Crippen LogP contribution in [0.2, 0.25) is 0 Å². The second-order valence-electron chi connectivity index (χ2n) is 2.51. The molecule has 2 saturated heterocycles. The molecule has 0 radical (unpaired) electrons. The highest BCUT2D eigenvalue weighted by Gasteiger charge is 2.37. The predicted molar refractivity (Wildman–Crippen MR) is 34.8 cm³/mol. The molecule has 2 atom stereocenters. The van der Waals surface area contributed by atoms with Crippen molar-refractivity contribution in [3.05, 3.63) is 0 Å². The lowest BCUT2D eigenvalue weighted by molar-refractivity contribution is 0.326.